The van der Waals surface area contributed by atoms with Crippen LogP contribution < -0.4 is 14.6 Å². The molecular weight excluding hydrogens is 589 g/mol. The van der Waals surface area contributed by atoms with Crippen LogP contribution in [0.15, 0.2) is 41.3 Å². The molecule has 0 bridgehead atoms. The van der Waals surface area contributed by atoms with Crippen LogP contribution in [0.1, 0.15) is 34.5 Å². The van der Waals surface area contributed by atoms with Gasteiger partial charge in [-0.25, -0.2) is 8.78 Å². The standard InChI is InChI=1S/C26H29AsF2N6O3S/c1-33(10-11-34-7-2-3-8-34)19-4-5-21(23(27)15-19)26(36)30-25-22-16-35(9-6-24(22)31-32-25)39(37,38)20-13-17(28)12-18(29)14-20/h4-5,12-15H,2-3,6-11,16H2,1H3,(H2,30,31,32,36). The number of hydrogen-bond acceptors (Lipinski definition) is 6. The number of anilines is 2. The number of aromatic amines is 1. The van der Waals surface area contributed by atoms with Gasteiger partial charge in [-0.1, -0.05) is 0 Å². The van der Waals surface area contributed by atoms with E-state index in [1.54, 1.807) is 6.07 Å². The number of halogens is 2. The van der Waals surface area contributed by atoms with Gasteiger partial charge in [-0.3, -0.25) is 0 Å². The maximum atomic E-state index is 13.7. The Morgan fingerprint density at radius 1 is 1.13 bits per heavy atom. The molecule has 2 aliphatic heterocycles. The first-order valence-corrected chi connectivity index (χ1v) is 15.1. The molecule has 5 rings (SSSR count). The van der Waals surface area contributed by atoms with Crippen LogP contribution in [0.5, 0.6) is 0 Å². The van der Waals surface area contributed by atoms with Crippen LogP contribution >= 0.6 is 0 Å². The monoisotopic (exact) mass is 618 g/mol. The number of rotatable bonds is 8. The van der Waals surface area contributed by atoms with Crippen molar-refractivity contribution in [2.45, 2.75) is 30.7 Å². The predicted molar refractivity (Wildman–Crippen MR) is 145 cm³/mol. The van der Waals surface area contributed by atoms with Gasteiger partial charge < -0.3 is 0 Å². The van der Waals surface area contributed by atoms with Crippen LogP contribution in [-0.2, 0) is 23.0 Å². The number of carbonyl (C=O) groups excluding carboxylic acids is 1. The van der Waals surface area contributed by atoms with E-state index in [2.05, 4.69) is 42.2 Å². The summed E-state index contributed by atoms with van der Waals surface area (Å²) in [6.45, 7) is 4.18. The van der Waals surface area contributed by atoms with Crippen LogP contribution in [0, 0.1) is 11.6 Å². The SMILES string of the molecule is CN(CCN1CCCC1)c1ccc(C(=O)Nc2n[nH]c3c2CN(S(=O)(=O)c2cc(F)cc(F)c2)CC3)c([As])c1. The molecule has 0 saturated carbocycles. The fraction of sp³-hybridized carbons (Fsp3) is 0.385. The molecule has 2 aromatic carbocycles. The first-order valence-electron chi connectivity index (χ1n) is 12.7. The Morgan fingerprint density at radius 2 is 1.85 bits per heavy atom. The number of nitrogens with one attached hydrogen (secondary N) is 2. The Bertz CT molecular complexity index is 1470. The van der Waals surface area contributed by atoms with Crippen LogP contribution in [0.2, 0.25) is 0 Å². The van der Waals surface area contributed by atoms with Crippen molar-refractivity contribution in [2.24, 2.45) is 0 Å². The summed E-state index contributed by atoms with van der Waals surface area (Å²) >= 11 is 2.42. The first-order chi connectivity index (χ1) is 18.6. The summed E-state index contributed by atoms with van der Waals surface area (Å²) in [6.07, 6.45) is 2.82. The van der Waals surface area contributed by atoms with E-state index in [4.69, 9.17) is 0 Å². The number of amides is 1. The zero-order valence-corrected chi connectivity index (χ0v) is 24.1. The number of hydrogen-bond donors (Lipinski definition) is 2. The average Bonchev–Trinajstić information content (AvgIpc) is 3.56. The Kier molecular flexibility index (Phi) is 8.09. The van der Waals surface area contributed by atoms with E-state index in [0.29, 0.717) is 29.3 Å². The maximum absolute atomic E-state index is 13.7. The molecule has 13 heteroatoms. The summed E-state index contributed by atoms with van der Waals surface area (Å²) in [5.74, 6) is -2.10. The predicted octanol–water partition coefficient (Wildman–Crippen LogP) is 2.01. The third-order valence-electron chi connectivity index (χ3n) is 7.22. The molecule has 0 aliphatic carbocycles. The molecule has 2 aliphatic rings. The Morgan fingerprint density at radius 3 is 2.54 bits per heavy atom. The van der Waals surface area contributed by atoms with Crippen LogP contribution in [-0.4, -0.2) is 90.4 Å². The van der Waals surface area contributed by atoms with Crippen molar-refractivity contribution in [1.29, 1.82) is 0 Å². The number of carbonyl (C=O) groups is 1. The number of nitrogens with zero attached hydrogens (tertiary/aromatic N) is 4. The van der Waals surface area contributed by atoms with Gasteiger partial charge in [-0.05, 0) is 0 Å². The van der Waals surface area contributed by atoms with E-state index < -0.39 is 26.6 Å². The van der Waals surface area contributed by atoms with E-state index in [1.165, 1.54) is 12.8 Å². The Balaban J connectivity index is 1.28. The van der Waals surface area contributed by atoms with E-state index in [-0.39, 0.29) is 24.8 Å². The van der Waals surface area contributed by atoms with Gasteiger partial charge in [0, 0.05) is 6.07 Å². The summed E-state index contributed by atoms with van der Waals surface area (Å²) in [7, 11) is -2.13. The summed E-state index contributed by atoms with van der Waals surface area (Å²) in [4.78, 5) is 17.3. The van der Waals surface area contributed by atoms with Crippen molar-refractivity contribution in [1.82, 2.24) is 19.4 Å². The van der Waals surface area contributed by atoms with Gasteiger partial charge in [0.05, 0.1) is 0 Å². The summed E-state index contributed by atoms with van der Waals surface area (Å²) in [5.41, 5.74) is 2.68. The van der Waals surface area contributed by atoms with Gasteiger partial charge in [-0.2, -0.15) is 0 Å². The minimum absolute atomic E-state index is 0.0995. The van der Waals surface area contributed by atoms with Gasteiger partial charge in [0.2, 0.25) is 0 Å². The minimum atomic E-state index is -4.17. The molecule has 3 heterocycles. The van der Waals surface area contributed by atoms with E-state index >= 15 is 0 Å². The second kappa shape index (κ2) is 11.4. The van der Waals surface area contributed by atoms with Crippen molar-refractivity contribution in [3.63, 3.8) is 0 Å². The fourth-order valence-corrected chi connectivity index (χ4v) is 7.06. The van der Waals surface area contributed by atoms with Crippen molar-refractivity contribution in [3.05, 3.63) is 64.9 Å². The summed E-state index contributed by atoms with van der Waals surface area (Å²) in [6, 6.07) is 7.82. The first kappa shape index (κ1) is 27.8. The summed E-state index contributed by atoms with van der Waals surface area (Å²) in [5, 5.41) is 9.86. The second-order valence-corrected chi connectivity index (χ2v) is 12.8. The number of likely N-dealkylation sites (tertiary alicyclic amines) is 1. The molecular formula is C26H29AsF2N6O3S. The molecule has 2 N–H and O–H groups in total. The van der Waals surface area contributed by atoms with Crippen molar-refractivity contribution in [3.8, 4) is 0 Å². The number of benzene rings is 2. The molecule has 0 unspecified atom stereocenters. The van der Waals surface area contributed by atoms with Gasteiger partial charge >= 0.3 is 221 Å². The molecule has 0 atom stereocenters. The van der Waals surface area contributed by atoms with Crippen LogP contribution in [0.3, 0.4) is 0 Å². The molecule has 9 nitrogen and oxygen atoms in total. The number of fused-ring (bicyclic) bond motifs is 1. The van der Waals surface area contributed by atoms with Crippen LogP contribution in [0.25, 0.3) is 0 Å². The Hall–Kier alpha value is -2.79. The number of H-pyrrole nitrogens is 1. The van der Waals surface area contributed by atoms with Crippen LogP contribution in [0.4, 0.5) is 20.3 Å². The van der Waals surface area contributed by atoms with Crippen molar-refractivity contribution >= 4 is 48.6 Å². The topological polar surface area (TPSA) is 102 Å². The van der Waals surface area contributed by atoms with Crippen molar-refractivity contribution in [2.75, 3.05) is 50.0 Å². The Labute approximate surface area is 235 Å². The van der Waals surface area contributed by atoms with E-state index in [9.17, 15) is 22.0 Å². The average molecular weight is 619 g/mol. The normalized spacial score (nSPS) is 16.3. The van der Waals surface area contributed by atoms with Gasteiger partial charge in [0.15, 0.2) is 0 Å². The zero-order chi connectivity index (χ0) is 27.7. The zero-order valence-electron chi connectivity index (χ0n) is 21.5. The van der Waals surface area contributed by atoms with Gasteiger partial charge in [0.25, 0.3) is 0 Å². The van der Waals surface area contributed by atoms with Crippen molar-refractivity contribution < 1.29 is 22.0 Å². The molecule has 3 aromatic rings. The third-order valence-corrected chi connectivity index (χ3v) is 9.82. The number of sulfonamides is 1. The third kappa shape index (κ3) is 6.04. The molecule has 39 heavy (non-hydrogen) atoms. The van der Waals surface area contributed by atoms with E-state index in [0.717, 1.165) is 52.7 Å². The molecule has 2 radical (unpaired) electrons. The van der Waals surface area contributed by atoms with E-state index in [1.807, 2.05) is 19.2 Å². The van der Waals surface area contributed by atoms with Gasteiger partial charge in [-0.15, -0.1) is 0 Å². The number of aromatic nitrogens is 2. The number of likely N-dealkylation sites (N-methyl/N-ethyl adjacent to an activating group) is 1. The molecule has 1 saturated heterocycles. The quantitative estimate of drug-likeness (QED) is 0.375. The molecule has 1 fully saturated rings. The fourth-order valence-electron chi connectivity index (χ4n) is 4.96. The van der Waals surface area contributed by atoms with Gasteiger partial charge in [0.1, 0.15) is 0 Å². The summed E-state index contributed by atoms with van der Waals surface area (Å²) < 4.78 is 55.5. The molecule has 206 valence electrons. The molecule has 1 aromatic heterocycles. The molecule has 0 spiro atoms. The second-order valence-electron chi connectivity index (χ2n) is 9.85. The molecule has 1 amide bonds.